The second-order valence-electron chi connectivity index (χ2n) is 7.02. The molecule has 0 radical (unpaired) electrons. The van der Waals surface area contributed by atoms with Gasteiger partial charge in [0.2, 0.25) is 5.91 Å². The van der Waals surface area contributed by atoms with Crippen LogP contribution in [0.25, 0.3) is 0 Å². The lowest BCUT2D eigenvalue weighted by molar-refractivity contribution is -0.128. The van der Waals surface area contributed by atoms with Gasteiger partial charge in [-0.1, -0.05) is 18.2 Å². The van der Waals surface area contributed by atoms with Gasteiger partial charge >= 0.3 is 0 Å². The van der Waals surface area contributed by atoms with Crippen molar-refractivity contribution in [2.45, 2.75) is 18.9 Å². The first kappa shape index (κ1) is 18.7. The van der Waals surface area contributed by atoms with Crippen LogP contribution in [0.5, 0.6) is 0 Å². The summed E-state index contributed by atoms with van der Waals surface area (Å²) in [5, 5.41) is 0. The van der Waals surface area contributed by atoms with E-state index in [1.807, 2.05) is 54.2 Å². The number of hydrogen-bond donors (Lipinski definition) is 0. The van der Waals surface area contributed by atoms with E-state index in [1.165, 1.54) is 25.9 Å². The number of carbonyl (C=O) groups is 1. The number of piperidine rings is 1. The normalized spacial score (nSPS) is 16.4. The van der Waals surface area contributed by atoms with Gasteiger partial charge in [-0.3, -0.25) is 4.79 Å². The topological polar surface area (TPSA) is 30.0 Å². The summed E-state index contributed by atoms with van der Waals surface area (Å²) in [6.07, 6.45) is 2.45. The molecule has 0 saturated carbocycles. The molecule has 1 aliphatic heterocycles. The highest BCUT2D eigenvalue weighted by atomic mass is 16.2. The van der Waals surface area contributed by atoms with Crippen molar-refractivity contribution < 1.29 is 4.79 Å². The lowest BCUT2D eigenvalue weighted by Crippen LogP contribution is -2.45. The zero-order valence-corrected chi connectivity index (χ0v) is 15.6. The second-order valence-corrected chi connectivity index (χ2v) is 7.02. The van der Waals surface area contributed by atoms with Crippen LogP contribution < -0.4 is 4.90 Å². The number of anilines is 1. The van der Waals surface area contributed by atoms with Crippen LogP contribution >= 0.6 is 0 Å². The molecule has 1 aromatic rings. The number of likely N-dealkylation sites (tertiary alicyclic amines) is 1. The molecule has 1 amide bonds. The average molecular weight is 332 g/mol. The molecule has 1 fully saturated rings. The molecule has 5 heteroatoms. The Kier molecular flexibility index (Phi) is 7.06. The van der Waals surface area contributed by atoms with Crippen LogP contribution in [-0.4, -0.2) is 87.6 Å². The summed E-state index contributed by atoms with van der Waals surface area (Å²) in [6.45, 7) is 4.48. The van der Waals surface area contributed by atoms with E-state index >= 15 is 0 Å². The fourth-order valence-electron chi connectivity index (χ4n) is 3.15. The number of amides is 1. The number of likely N-dealkylation sites (N-methyl/N-ethyl adjacent to an activating group) is 3. The Labute approximate surface area is 146 Å². The van der Waals surface area contributed by atoms with Crippen LogP contribution in [0, 0.1) is 0 Å². The largest absolute Gasteiger partial charge is 0.365 e. The standard InChI is InChI=1S/C19H32N4O/c1-20-12-10-18(11-13-20)21(2)14-15-22(3)19(24)16-23(4)17-8-6-5-7-9-17/h5-9,18H,10-16H2,1-4H3. The summed E-state index contributed by atoms with van der Waals surface area (Å²) in [4.78, 5) is 21.1. The highest BCUT2D eigenvalue weighted by molar-refractivity contribution is 5.81. The van der Waals surface area contributed by atoms with Crippen molar-refractivity contribution in [2.75, 3.05) is 65.8 Å². The average Bonchev–Trinajstić information content (AvgIpc) is 2.60. The Balaban J connectivity index is 1.73. The van der Waals surface area contributed by atoms with E-state index in [2.05, 4.69) is 23.9 Å². The molecule has 1 saturated heterocycles. The fraction of sp³-hybridized carbons (Fsp3) is 0.632. The smallest absolute Gasteiger partial charge is 0.241 e. The SMILES string of the molecule is CN1CCC(N(C)CCN(C)C(=O)CN(C)c2ccccc2)CC1. The number of nitrogens with zero attached hydrogens (tertiary/aromatic N) is 4. The van der Waals surface area contributed by atoms with E-state index in [1.54, 1.807) is 0 Å². The molecule has 1 aliphatic rings. The monoisotopic (exact) mass is 332 g/mol. The Morgan fingerprint density at radius 3 is 2.33 bits per heavy atom. The summed E-state index contributed by atoms with van der Waals surface area (Å²) in [5.74, 6) is 0.165. The Bertz CT molecular complexity index is 499. The summed E-state index contributed by atoms with van der Waals surface area (Å²) in [7, 11) is 8.24. The number of carbonyl (C=O) groups excluding carboxylic acids is 1. The Morgan fingerprint density at radius 1 is 1.08 bits per heavy atom. The summed E-state index contributed by atoms with van der Waals surface area (Å²) < 4.78 is 0. The molecule has 0 aliphatic carbocycles. The molecule has 1 heterocycles. The van der Waals surface area contributed by atoms with Crippen LogP contribution in [-0.2, 0) is 4.79 Å². The van der Waals surface area contributed by atoms with Gasteiger partial charge in [-0.25, -0.2) is 0 Å². The number of benzene rings is 1. The molecule has 0 aromatic heterocycles. The molecular weight excluding hydrogens is 300 g/mol. The third-order valence-electron chi connectivity index (χ3n) is 5.09. The zero-order valence-electron chi connectivity index (χ0n) is 15.6. The molecule has 2 rings (SSSR count). The van der Waals surface area contributed by atoms with Gasteiger partial charge in [0, 0.05) is 38.9 Å². The highest BCUT2D eigenvalue weighted by Crippen LogP contribution is 2.14. The molecule has 134 valence electrons. The molecule has 5 nitrogen and oxygen atoms in total. The van der Waals surface area contributed by atoms with Crippen LogP contribution in [0.2, 0.25) is 0 Å². The molecule has 0 atom stereocenters. The molecule has 24 heavy (non-hydrogen) atoms. The quantitative estimate of drug-likeness (QED) is 0.759. The van der Waals surface area contributed by atoms with Gasteiger partial charge in [0.1, 0.15) is 0 Å². The van der Waals surface area contributed by atoms with Crippen LogP contribution in [0.15, 0.2) is 30.3 Å². The lowest BCUT2D eigenvalue weighted by atomic mass is 10.0. The van der Waals surface area contributed by atoms with E-state index in [0.29, 0.717) is 12.6 Å². The summed E-state index contributed by atoms with van der Waals surface area (Å²) in [6, 6.07) is 10.7. The summed E-state index contributed by atoms with van der Waals surface area (Å²) in [5.41, 5.74) is 1.07. The third kappa shape index (κ3) is 5.49. The van der Waals surface area contributed by atoms with Crippen LogP contribution in [0.3, 0.4) is 0 Å². The van der Waals surface area contributed by atoms with E-state index in [9.17, 15) is 4.79 Å². The minimum atomic E-state index is 0.165. The molecule has 0 N–H and O–H groups in total. The van der Waals surface area contributed by atoms with E-state index in [-0.39, 0.29) is 5.91 Å². The maximum atomic E-state index is 12.4. The third-order valence-corrected chi connectivity index (χ3v) is 5.09. The van der Waals surface area contributed by atoms with Gasteiger partial charge in [-0.2, -0.15) is 0 Å². The summed E-state index contributed by atoms with van der Waals surface area (Å²) >= 11 is 0. The van der Waals surface area contributed by atoms with Gasteiger partial charge in [-0.15, -0.1) is 0 Å². The predicted octanol–water partition coefficient (Wildman–Crippen LogP) is 1.61. The van der Waals surface area contributed by atoms with E-state index in [0.717, 1.165) is 18.8 Å². The molecule has 0 unspecified atom stereocenters. The van der Waals surface area contributed by atoms with Gasteiger partial charge in [0.25, 0.3) is 0 Å². The predicted molar refractivity (Wildman–Crippen MR) is 100 cm³/mol. The first-order valence-corrected chi connectivity index (χ1v) is 8.86. The van der Waals surface area contributed by atoms with Crippen molar-refractivity contribution in [1.29, 1.82) is 0 Å². The van der Waals surface area contributed by atoms with Crippen molar-refractivity contribution in [3.05, 3.63) is 30.3 Å². The lowest BCUT2D eigenvalue weighted by Gasteiger charge is -2.35. The van der Waals surface area contributed by atoms with Gasteiger partial charge in [0.15, 0.2) is 0 Å². The maximum absolute atomic E-state index is 12.4. The zero-order chi connectivity index (χ0) is 17.5. The molecule has 1 aromatic carbocycles. The molecular formula is C19H32N4O. The number of para-hydroxylation sites is 1. The molecule has 0 bridgehead atoms. The Hall–Kier alpha value is -1.59. The number of rotatable bonds is 7. The van der Waals surface area contributed by atoms with Gasteiger partial charge in [-0.05, 0) is 52.2 Å². The highest BCUT2D eigenvalue weighted by Gasteiger charge is 2.21. The van der Waals surface area contributed by atoms with E-state index < -0.39 is 0 Å². The van der Waals surface area contributed by atoms with Gasteiger partial charge in [0.05, 0.1) is 6.54 Å². The van der Waals surface area contributed by atoms with Crippen LogP contribution in [0.1, 0.15) is 12.8 Å². The van der Waals surface area contributed by atoms with Crippen molar-refractivity contribution >= 4 is 11.6 Å². The minimum absolute atomic E-state index is 0.165. The minimum Gasteiger partial charge on any atom is -0.365 e. The van der Waals surface area contributed by atoms with Crippen molar-refractivity contribution in [2.24, 2.45) is 0 Å². The van der Waals surface area contributed by atoms with Crippen molar-refractivity contribution in [3.8, 4) is 0 Å². The molecule has 0 spiro atoms. The maximum Gasteiger partial charge on any atom is 0.241 e. The van der Waals surface area contributed by atoms with Crippen molar-refractivity contribution in [1.82, 2.24) is 14.7 Å². The number of hydrogen-bond acceptors (Lipinski definition) is 4. The van der Waals surface area contributed by atoms with Crippen LogP contribution in [0.4, 0.5) is 5.69 Å². The second kappa shape index (κ2) is 9.04. The van der Waals surface area contributed by atoms with E-state index in [4.69, 9.17) is 0 Å². The van der Waals surface area contributed by atoms with Crippen molar-refractivity contribution in [3.63, 3.8) is 0 Å². The van der Waals surface area contributed by atoms with Gasteiger partial charge < -0.3 is 19.6 Å². The first-order chi connectivity index (χ1) is 11.5. The fourth-order valence-corrected chi connectivity index (χ4v) is 3.15. The first-order valence-electron chi connectivity index (χ1n) is 8.86. The Morgan fingerprint density at radius 2 is 1.71 bits per heavy atom.